The first-order valence-electron chi connectivity index (χ1n) is 3.81. The summed E-state index contributed by atoms with van der Waals surface area (Å²) >= 11 is 0. The van der Waals surface area contributed by atoms with E-state index in [-0.39, 0.29) is 0 Å². The Labute approximate surface area is 60.5 Å². The molecule has 9 heavy (non-hydrogen) atoms. The summed E-state index contributed by atoms with van der Waals surface area (Å²) in [5.74, 6) is 0. The van der Waals surface area contributed by atoms with Crippen LogP contribution in [0.5, 0.6) is 0 Å². The highest BCUT2D eigenvalue weighted by Crippen LogP contribution is 2.17. The fourth-order valence-electron chi connectivity index (χ4n) is 0.993. The molecule has 0 saturated heterocycles. The van der Waals surface area contributed by atoms with Gasteiger partial charge in [-0.25, -0.2) is 0 Å². The van der Waals surface area contributed by atoms with Gasteiger partial charge >= 0.3 is 0 Å². The van der Waals surface area contributed by atoms with Crippen LogP contribution < -0.4 is 0 Å². The highest BCUT2D eigenvalue weighted by molar-refractivity contribution is 7.37. The smallest absolute Gasteiger partial charge is 0.000295 e. The van der Waals surface area contributed by atoms with Gasteiger partial charge in [0.1, 0.15) is 0 Å². The monoisotopic (exact) mass is 144 g/mol. The fraction of sp³-hybridized carbons (Fsp3) is 0.875. The second kappa shape index (κ2) is 6.29. The van der Waals surface area contributed by atoms with Crippen molar-refractivity contribution in [1.29, 1.82) is 0 Å². The van der Waals surface area contributed by atoms with Crippen LogP contribution in [0.25, 0.3) is 0 Å². The molecule has 1 heteroatoms. The van der Waals surface area contributed by atoms with E-state index in [1.165, 1.54) is 33.9 Å². The molecule has 0 nitrogen and oxygen atoms in total. The van der Waals surface area contributed by atoms with E-state index in [1.54, 1.807) is 0 Å². The van der Waals surface area contributed by atoms with Gasteiger partial charge in [-0.1, -0.05) is 33.0 Å². The van der Waals surface area contributed by atoms with Crippen LogP contribution in [0.3, 0.4) is 0 Å². The third-order valence-corrected chi connectivity index (χ3v) is 2.53. The molecule has 0 aromatic rings. The standard InChI is InChI=1S/C8H17P/c1-4-6-8(9-3)7-5-2/h8H,3-7H2,1-2H3. The van der Waals surface area contributed by atoms with Gasteiger partial charge in [-0.05, 0) is 12.8 Å². The number of hydrogen-bond donors (Lipinski definition) is 0. The predicted molar refractivity (Wildman–Crippen MR) is 47.6 cm³/mol. The third kappa shape index (κ3) is 4.66. The fourth-order valence-corrected chi connectivity index (χ4v) is 1.87. The van der Waals surface area contributed by atoms with Gasteiger partial charge < -0.3 is 0 Å². The zero-order chi connectivity index (χ0) is 7.11. The van der Waals surface area contributed by atoms with E-state index in [2.05, 4.69) is 20.1 Å². The highest BCUT2D eigenvalue weighted by atomic mass is 31.1. The Morgan fingerprint density at radius 2 is 1.67 bits per heavy atom. The van der Waals surface area contributed by atoms with E-state index >= 15 is 0 Å². The largest absolute Gasteiger partial charge is 0.109 e. The average Bonchev–Trinajstić information content (AvgIpc) is 1.88. The molecule has 0 spiro atoms. The van der Waals surface area contributed by atoms with Crippen molar-refractivity contribution in [3.8, 4) is 0 Å². The Morgan fingerprint density at radius 1 is 1.22 bits per heavy atom. The summed E-state index contributed by atoms with van der Waals surface area (Å²) < 4.78 is 0. The van der Waals surface area contributed by atoms with E-state index in [0.717, 1.165) is 5.66 Å². The van der Waals surface area contributed by atoms with Crippen LogP contribution >= 0.6 is 8.20 Å². The molecule has 0 N–H and O–H groups in total. The van der Waals surface area contributed by atoms with Crippen molar-refractivity contribution in [2.45, 2.75) is 45.2 Å². The molecule has 0 rings (SSSR count). The summed E-state index contributed by atoms with van der Waals surface area (Å²) in [7, 11) is 1.34. The van der Waals surface area contributed by atoms with Crippen molar-refractivity contribution >= 4 is 14.5 Å². The van der Waals surface area contributed by atoms with Crippen LogP contribution in [0.2, 0.25) is 0 Å². The van der Waals surface area contributed by atoms with E-state index in [0.29, 0.717) is 0 Å². The maximum atomic E-state index is 3.90. The van der Waals surface area contributed by atoms with Crippen LogP contribution in [0, 0.1) is 0 Å². The first-order chi connectivity index (χ1) is 4.35. The first-order valence-corrected chi connectivity index (χ1v) is 4.95. The lowest BCUT2D eigenvalue weighted by atomic mass is 10.2. The van der Waals surface area contributed by atoms with Gasteiger partial charge in [0, 0.05) is 5.66 Å². The lowest BCUT2D eigenvalue weighted by Gasteiger charge is -2.06. The van der Waals surface area contributed by atoms with E-state index in [4.69, 9.17) is 0 Å². The molecule has 0 aliphatic heterocycles. The summed E-state index contributed by atoms with van der Waals surface area (Å²) in [4.78, 5) is 0. The Bertz CT molecular complexity index is 63.0. The molecule has 0 amide bonds. The maximum absolute atomic E-state index is 3.90. The van der Waals surface area contributed by atoms with Crippen molar-refractivity contribution in [3.63, 3.8) is 0 Å². The minimum absolute atomic E-state index is 0.875. The van der Waals surface area contributed by atoms with Gasteiger partial charge in [-0.2, -0.15) is 0 Å². The Balaban J connectivity index is 3.29. The molecular formula is C8H17P. The molecule has 54 valence electrons. The number of rotatable bonds is 5. The minimum Gasteiger partial charge on any atom is -0.109 e. The summed E-state index contributed by atoms with van der Waals surface area (Å²) in [6.07, 6.45) is 9.24. The predicted octanol–water partition coefficient (Wildman–Crippen LogP) is 3.33. The van der Waals surface area contributed by atoms with Crippen LogP contribution in [-0.2, 0) is 0 Å². The van der Waals surface area contributed by atoms with Gasteiger partial charge in [-0.3, -0.25) is 0 Å². The molecule has 0 aliphatic carbocycles. The lowest BCUT2D eigenvalue weighted by molar-refractivity contribution is 0.672. The third-order valence-electron chi connectivity index (χ3n) is 1.50. The molecule has 0 atom stereocenters. The normalized spacial score (nSPS) is 11.0. The molecule has 0 fully saturated rings. The first kappa shape index (κ1) is 9.17. The molecule has 0 saturated carbocycles. The summed E-state index contributed by atoms with van der Waals surface area (Å²) in [5, 5.41) is 0. The molecule has 0 bridgehead atoms. The Hall–Kier alpha value is 0.170. The van der Waals surface area contributed by atoms with Crippen LogP contribution in [0.15, 0.2) is 0 Å². The summed E-state index contributed by atoms with van der Waals surface area (Å²) in [6, 6.07) is 0. The maximum Gasteiger partial charge on any atom is 0.000295 e. The second-order valence-corrected chi connectivity index (χ2v) is 3.51. The van der Waals surface area contributed by atoms with Crippen LogP contribution in [-0.4, -0.2) is 12.0 Å². The average molecular weight is 144 g/mol. The quantitative estimate of drug-likeness (QED) is 0.519. The molecule has 0 aliphatic rings. The topological polar surface area (TPSA) is 0 Å². The molecular weight excluding hydrogens is 127 g/mol. The van der Waals surface area contributed by atoms with Crippen LogP contribution in [0.1, 0.15) is 39.5 Å². The number of hydrogen-bond acceptors (Lipinski definition) is 0. The van der Waals surface area contributed by atoms with Crippen molar-refractivity contribution in [2.24, 2.45) is 0 Å². The lowest BCUT2D eigenvalue weighted by Crippen LogP contribution is -1.95. The van der Waals surface area contributed by atoms with Gasteiger partial charge in [0.05, 0.1) is 0 Å². The van der Waals surface area contributed by atoms with Crippen molar-refractivity contribution in [1.82, 2.24) is 0 Å². The van der Waals surface area contributed by atoms with E-state index in [1.807, 2.05) is 0 Å². The van der Waals surface area contributed by atoms with Gasteiger partial charge in [0.2, 0.25) is 0 Å². The molecule has 0 unspecified atom stereocenters. The molecule has 0 heterocycles. The zero-order valence-corrected chi connectivity index (χ0v) is 7.45. The summed E-state index contributed by atoms with van der Waals surface area (Å²) in [6.45, 7) is 4.49. The molecule has 0 aromatic heterocycles. The highest BCUT2D eigenvalue weighted by Gasteiger charge is 1.99. The SMILES string of the molecule is C=PC(CCC)CCC. The Morgan fingerprint density at radius 3 is 1.89 bits per heavy atom. The van der Waals surface area contributed by atoms with Crippen molar-refractivity contribution < 1.29 is 0 Å². The Kier molecular flexibility index (Phi) is 6.41. The summed E-state index contributed by atoms with van der Waals surface area (Å²) in [5.41, 5.74) is 0.875. The van der Waals surface area contributed by atoms with E-state index in [9.17, 15) is 0 Å². The zero-order valence-electron chi connectivity index (χ0n) is 6.56. The van der Waals surface area contributed by atoms with Crippen molar-refractivity contribution in [3.05, 3.63) is 0 Å². The second-order valence-electron chi connectivity index (χ2n) is 2.41. The van der Waals surface area contributed by atoms with Gasteiger partial charge in [0.15, 0.2) is 0 Å². The van der Waals surface area contributed by atoms with Crippen LogP contribution in [0.4, 0.5) is 0 Å². The minimum atomic E-state index is 0.875. The van der Waals surface area contributed by atoms with Gasteiger partial charge in [-0.15, -0.1) is 8.20 Å². The molecule has 0 radical (unpaired) electrons. The molecule has 0 aromatic carbocycles. The van der Waals surface area contributed by atoms with Crippen molar-refractivity contribution in [2.75, 3.05) is 0 Å². The van der Waals surface area contributed by atoms with Gasteiger partial charge in [0.25, 0.3) is 0 Å². The van der Waals surface area contributed by atoms with E-state index < -0.39 is 0 Å².